The SMILES string of the molecule is O=C1C(Nc2nc3c(cnn3-c3ccccc3)c(=O)[nH]2)CCN1Cc1ccc(F)cc1. The van der Waals surface area contributed by atoms with Crippen LogP contribution in [0.15, 0.2) is 65.6 Å². The van der Waals surface area contributed by atoms with Gasteiger partial charge in [-0.2, -0.15) is 10.1 Å². The number of fused-ring (bicyclic) bond motifs is 1. The smallest absolute Gasteiger partial charge is 0.263 e. The Hall–Kier alpha value is -4.01. The van der Waals surface area contributed by atoms with E-state index in [0.717, 1.165) is 11.3 Å². The molecule has 156 valence electrons. The number of likely N-dealkylation sites (tertiary alicyclic amines) is 1. The van der Waals surface area contributed by atoms with E-state index in [4.69, 9.17) is 0 Å². The van der Waals surface area contributed by atoms with Crippen molar-refractivity contribution in [2.24, 2.45) is 0 Å². The molecule has 1 aliphatic heterocycles. The highest BCUT2D eigenvalue weighted by molar-refractivity contribution is 5.86. The lowest BCUT2D eigenvalue weighted by molar-refractivity contribution is -0.128. The summed E-state index contributed by atoms with van der Waals surface area (Å²) in [4.78, 5) is 34.2. The zero-order valence-electron chi connectivity index (χ0n) is 16.5. The van der Waals surface area contributed by atoms with E-state index < -0.39 is 6.04 Å². The Kier molecular flexibility index (Phi) is 4.70. The van der Waals surface area contributed by atoms with Gasteiger partial charge in [0.25, 0.3) is 5.56 Å². The molecule has 9 heteroatoms. The summed E-state index contributed by atoms with van der Waals surface area (Å²) < 4.78 is 14.7. The molecule has 1 amide bonds. The van der Waals surface area contributed by atoms with Crippen molar-refractivity contribution < 1.29 is 9.18 Å². The minimum Gasteiger partial charge on any atom is -0.344 e. The van der Waals surface area contributed by atoms with E-state index in [1.165, 1.54) is 18.3 Å². The maximum Gasteiger partial charge on any atom is 0.263 e. The third kappa shape index (κ3) is 3.65. The predicted octanol–water partition coefficient (Wildman–Crippen LogP) is 2.46. The van der Waals surface area contributed by atoms with Crippen LogP contribution in [0.2, 0.25) is 0 Å². The number of nitrogens with zero attached hydrogens (tertiary/aromatic N) is 4. The van der Waals surface area contributed by atoms with Gasteiger partial charge in [-0.15, -0.1) is 0 Å². The number of aromatic nitrogens is 4. The standard InChI is InChI=1S/C22H19FN6O2/c23-15-8-6-14(7-9-15)13-28-11-10-18(21(28)31)25-22-26-19-17(20(30)27-22)12-24-29(19)16-4-2-1-3-5-16/h1-9,12,18H,10-11,13H2,(H2,25,26,27,30). The summed E-state index contributed by atoms with van der Waals surface area (Å²) in [7, 11) is 0. The van der Waals surface area contributed by atoms with Crippen molar-refractivity contribution in [2.45, 2.75) is 19.0 Å². The highest BCUT2D eigenvalue weighted by atomic mass is 19.1. The van der Waals surface area contributed by atoms with E-state index in [-0.39, 0.29) is 23.2 Å². The van der Waals surface area contributed by atoms with Crippen LogP contribution < -0.4 is 10.9 Å². The highest BCUT2D eigenvalue weighted by Crippen LogP contribution is 2.19. The maximum absolute atomic E-state index is 13.1. The van der Waals surface area contributed by atoms with Gasteiger partial charge in [0.1, 0.15) is 17.2 Å². The molecule has 0 saturated carbocycles. The first kappa shape index (κ1) is 19.0. The van der Waals surface area contributed by atoms with Crippen LogP contribution in [-0.2, 0) is 11.3 Å². The van der Waals surface area contributed by atoms with Gasteiger partial charge >= 0.3 is 0 Å². The Morgan fingerprint density at radius 2 is 1.87 bits per heavy atom. The van der Waals surface area contributed by atoms with Gasteiger partial charge in [0.15, 0.2) is 5.65 Å². The Morgan fingerprint density at radius 1 is 1.10 bits per heavy atom. The average molecular weight is 418 g/mol. The minimum atomic E-state index is -0.505. The van der Waals surface area contributed by atoms with Crippen LogP contribution in [-0.4, -0.2) is 43.1 Å². The van der Waals surface area contributed by atoms with Crippen molar-refractivity contribution in [2.75, 3.05) is 11.9 Å². The van der Waals surface area contributed by atoms with Crippen molar-refractivity contribution in [1.29, 1.82) is 0 Å². The van der Waals surface area contributed by atoms with Gasteiger partial charge in [0.05, 0.1) is 11.9 Å². The van der Waals surface area contributed by atoms with Crippen molar-refractivity contribution >= 4 is 22.9 Å². The number of amides is 1. The third-order valence-corrected chi connectivity index (χ3v) is 5.33. The van der Waals surface area contributed by atoms with Crippen LogP contribution >= 0.6 is 0 Å². The quantitative estimate of drug-likeness (QED) is 0.519. The number of hydrogen-bond acceptors (Lipinski definition) is 5. The molecule has 4 aromatic rings. The molecule has 2 aromatic heterocycles. The highest BCUT2D eigenvalue weighted by Gasteiger charge is 2.32. The number of nitrogens with one attached hydrogen (secondary N) is 2. The van der Waals surface area contributed by atoms with Gasteiger partial charge in [-0.1, -0.05) is 30.3 Å². The largest absolute Gasteiger partial charge is 0.344 e. The van der Waals surface area contributed by atoms with Crippen molar-refractivity contribution in [3.05, 3.63) is 82.5 Å². The average Bonchev–Trinajstić information content (AvgIpc) is 3.35. The summed E-state index contributed by atoms with van der Waals surface area (Å²) in [6, 6.07) is 15.0. The number of carbonyl (C=O) groups excluding carboxylic acids is 1. The van der Waals surface area contributed by atoms with Gasteiger partial charge < -0.3 is 10.2 Å². The summed E-state index contributed by atoms with van der Waals surface area (Å²) in [6.45, 7) is 0.962. The molecule has 5 rings (SSSR count). The van der Waals surface area contributed by atoms with Gasteiger partial charge in [-0.05, 0) is 36.2 Å². The van der Waals surface area contributed by atoms with Crippen LogP contribution in [0, 0.1) is 5.82 Å². The van der Waals surface area contributed by atoms with Crippen LogP contribution in [0.25, 0.3) is 16.7 Å². The molecule has 2 aromatic carbocycles. The lowest BCUT2D eigenvalue weighted by Crippen LogP contribution is -2.34. The lowest BCUT2D eigenvalue weighted by atomic mass is 10.2. The Balaban J connectivity index is 1.37. The second-order valence-corrected chi connectivity index (χ2v) is 7.42. The van der Waals surface area contributed by atoms with E-state index in [1.807, 2.05) is 30.3 Å². The zero-order chi connectivity index (χ0) is 21.4. The molecule has 8 nitrogen and oxygen atoms in total. The monoisotopic (exact) mass is 418 g/mol. The number of halogens is 1. The number of anilines is 1. The number of H-pyrrole nitrogens is 1. The molecule has 1 unspecified atom stereocenters. The normalized spacial score (nSPS) is 16.2. The first-order valence-electron chi connectivity index (χ1n) is 9.92. The maximum atomic E-state index is 13.1. The second kappa shape index (κ2) is 7.67. The topological polar surface area (TPSA) is 95.9 Å². The molecule has 0 spiro atoms. The first-order chi connectivity index (χ1) is 15.1. The molecule has 3 heterocycles. The summed E-state index contributed by atoms with van der Waals surface area (Å²) in [6.07, 6.45) is 2.04. The van der Waals surface area contributed by atoms with Crippen molar-refractivity contribution in [3.8, 4) is 5.69 Å². The molecule has 0 aliphatic carbocycles. The van der Waals surface area contributed by atoms with Crippen LogP contribution in [0.4, 0.5) is 10.3 Å². The number of hydrogen-bond donors (Lipinski definition) is 2. The molecule has 1 fully saturated rings. The molecule has 31 heavy (non-hydrogen) atoms. The van der Waals surface area contributed by atoms with Crippen molar-refractivity contribution in [3.63, 3.8) is 0 Å². The van der Waals surface area contributed by atoms with Crippen molar-refractivity contribution in [1.82, 2.24) is 24.6 Å². The summed E-state index contributed by atoms with van der Waals surface area (Å²) in [5, 5.41) is 7.71. The van der Waals surface area contributed by atoms with Gasteiger partial charge in [0, 0.05) is 13.1 Å². The van der Waals surface area contributed by atoms with E-state index in [1.54, 1.807) is 21.7 Å². The number of rotatable bonds is 5. The summed E-state index contributed by atoms with van der Waals surface area (Å²) in [5.74, 6) is -0.183. The Labute approximate surface area is 176 Å². The fourth-order valence-electron chi connectivity index (χ4n) is 3.75. The van der Waals surface area contributed by atoms with Crippen LogP contribution in [0.1, 0.15) is 12.0 Å². The Bertz CT molecular complexity index is 1300. The van der Waals surface area contributed by atoms with Gasteiger partial charge in [-0.3, -0.25) is 14.6 Å². The summed E-state index contributed by atoms with van der Waals surface area (Å²) in [5.41, 5.74) is 1.72. The molecule has 1 saturated heterocycles. The number of aromatic amines is 1. The number of benzene rings is 2. The van der Waals surface area contributed by atoms with E-state index in [9.17, 15) is 14.0 Å². The number of carbonyl (C=O) groups is 1. The molecular weight excluding hydrogens is 399 g/mol. The minimum absolute atomic E-state index is 0.0939. The second-order valence-electron chi connectivity index (χ2n) is 7.42. The summed E-state index contributed by atoms with van der Waals surface area (Å²) >= 11 is 0. The third-order valence-electron chi connectivity index (χ3n) is 5.33. The molecule has 2 N–H and O–H groups in total. The van der Waals surface area contributed by atoms with Crippen LogP contribution in [0.5, 0.6) is 0 Å². The molecule has 0 bridgehead atoms. The van der Waals surface area contributed by atoms with E-state index >= 15 is 0 Å². The Morgan fingerprint density at radius 3 is 2.65 bits per heavy atom. The van der Waals surface area contributed by atoms with Crippen LogP contribution in [0.3, 0.4) is 0 Å². The lowest BCUT2D eigenvalue weighted by Gasteiger charge is -2.17. The molecular formula is C22H19FN6O2. The zero-order valence-corrected chi connectivity index (χ0v) is 16.5. The van der Waals surface area contributed by atoms with E-state index in [0.29, 0.717) is 30.5 Å². The first-order valence-corrected chi connectivity index (χ1v) is 9.92. The molecule has 0 radical (unpaired) electrons. The van der Waals surface area contributed by atoms with Gasteiger partial charge in [0.2, 0.25) is 11.9 Å². The van der Waals surface area contributed by atoms with E-state index in [2.05, 4.69) is 20.4 Å². The number of para-hydroxylation sites is 1. The molecule has 1 aliphatic rings. The predicted molar refractivity (Wildman–Crippen MR) is 113 cm³/mol. The molecule has 1 atom stereocenters. The van der Waals surface area contributed by atoms with Gasteiger partial charge in [-0.25, -0.2) is 9.07 Å². The fourth-order valence-corrected chi connectivity index (χ4v) is 3.75. The fraction of sp³-hybridized carbons (Fsp3) is 0.182.